The van der Waals surface area contributed by atoms with Crippen molar-refractivity contribution in [3.63, 3.8) is 0 Å². The molecule has 1 aliphatic carbocycles. The molecule has 12 heteroatoms. The molecule has 0 radical (unpaired) electrons. The number of halogens is 1. The SMILES string of the molecule is O=S(=O)(NCCO)C1=CCC(c2ncc(Cl)c(Nc3cc(C4CC4)[nH]n3)n2)S1. The van der Waals surface area contributed by atoms with Crippen LogP contribution in [0.3, 0.4) is 0 Å². The van der Waals surface area contributed by atoms with Crippen LogP contribution in [0.1, 0.15) is 41.9 Å². The summed E-state index contributed by atoms with van der Waals surface area (Å²) in [5, 5.41) is 19.3. The Bertz CT molecular complexity index is 1010. The summed E-state index contributed by atoms with van der Waals surface area (Å²) in [7, 11) is -3.63. The molecule has 2 aromatic heterocycles. The van der Waals surface area contributed by atoms with Crippen molar-refractivity contribution in [1.29, 1.82) is 0 Å². The van der Waals surface area contributed by atoms with Crippen LogP contribution in [0.5, 0.6) is 0 Å². The standard InChI is InChI=1S/C16H19ClN6O3S2/c17-10-8-18-16(12-3-4-14(27-12)28(25,26)19-5-6-24)21-15(10)20-13-7-11(22-23-13)9-1-2-9/h4,7-9,12,19,24H,1-3,5-6H2,(H2,18,20,21,22,23). The Balaban J connectivity index is 1.46. The molecule has 0 spiro atoms. The Hall–Kier alpha value is -1.66. The largest absolute Gasteiger partial charge is 0.395 e. The number of aliphatic hydroxyl groups is 1. The summed E-state index contributed by atoms with van der Waals surface area (Å²) in [6.45, 7) is -0.283. The second-order valence-corrected chi connectivity index (χ2v) is 10.2. The fourth-order valence-electron chi connectivity index (χ4n) is 2.77. The molecule has 4 N–H and O–H groups in total. The molecular weight excluding hydrogens is 424 g/mol. The number of hydrogen-bond acceptors (Lipinski definition) is 8. The van der Waals surface area contributed by atoms with Crippen LogP contribution < -0.4 is 10.0 Å². The molecule has 1 aliphatic heterocycles. The average molecular weight is 443 g/mol. The summed E-state index contributed by atoms with van der Waals surface area (Å²) >= 11 is 7.39. The van der Waals surface area contributed by atoms with Gasteiger partial charge in [-0.1, -0.05) is 17.7 Å². The van der Waals surface area contributed by atoms with Gasteiger partial charge in [-0.25, -0.2) is 23.1 Å². The molecule has 0 bridgehead atoms. The van der Waals surface area contributed by atoms with Gasteiger partial charge in [0.1, 0.15) is 15.1 Å². The zero-order valence-corrected chi connectivity index (χ0v) is 17.1. The van der Waals surface area contributed by atoms with Crippen molar-refractivity contribution in [3.8, 4) is 0 Å². The number of aromatic nitrogens is 4. The topological polar surface area (TPSA) is 133 Å². The number of nitrogens with zero attached hydrogens (tertiary/aromatic N) is 3. The molecule has 3 heterocycles. The zero-order valence-electron chi connectivity index (χ0n) is 14.7. The second-order valence-electron chi connectivity index (χ2n) is 6.52. The highest BCUT2D eigenvalue weighted by Gasteiger charge is 2.30. The lowest BCUT2D eigenvalue weighted by Crippen LogP contribution is -2.26. The van der Waals surface area contributed by atoms with Crippen LogP contribution in [0.4, 0.5) is 11.6 Å². The number of nitrogens with one attached hydrogen (secondary N) is 3. The Morgan fingerprint density at radius 3 is 2.96 bits per heavy atom. The summed E-state index contributed by atoms with van der Waals surface area (Å²) in [5.41, 5.74) is 1.09. The van der Waals surface area contributed by atoms with E-state index in [2.05, 4.69) is 30.2 Å². The molecule has 2 aromatic rings. The number of allylic oxidation sites excluding steroid dienone is 1. The third-order valence-corrected chi connectivity index (χ3v) is 7.93. The van der Waals surface area contributed by atoms with E-state index in [0.717, 1.165) is 5.69 Å². The highest BCUT2D eigenvalue weighted by Crippen LogP contribution is 2.45. The van der Waals surface area contributed by atoms with Crippen LogP contribution in [-0.2, 0) is 10.0 Å². The number of sulfonamides is 1. The first-order valence-electron chi connectivity index (χ1n) is 8.78. The van der Waals surface area contributed by atoms with E-state index in [-0.39, 0.29) is 22.6 Å². The van der Waals surface area contributed by atoms with Crippen molar-refractivity contribution in [3.05, 3.63) is 39.1 Å². The molecule has 4 rings (SSSR count). The van der Waals surface area contributed by atoms with Crippen LogP contribution in [0.15, 0.2) is 22.6 Å². The summed E-state index contributed by atoms with van der Waals surface area (Å²) in [5.74, 6) is 2.09. The minimum absolute atomic E-state index is 0.0249. The van der Waals surface area contributed by atoms with Gasteiger partial charge in [0.25, 0.3) is 0 Å². The third-order valence-electron chi connectivity index (χ3n) is 4.34. The quantitative estimate of drug-likeness (QED) is 0.489. The van der Waals surface area contributed by atoms with Crippen LogP contribution in [0.25, 0.3) is 0 Å². The number of H-pyrrole nitrogens is 1. The van der Waals surface area contributed by atoms with Crippen molar-refractivity contribution >= 4 is 45.0 Å². The number of hydrogen-bond donors (Lipinski definition) is 4. The molecule has 1 saturated carbocycles. The van der Waals surface area contributed by atoms with Gasteiger partial charge < -0.3 is 10.4 Å². The summed E-state index contributed by atoms with van der Waals surface area (Å²) < 4.78 is 26.9. The molecule has 0 amide bonds. The van der Waals surface area contributed by atoms with E-state index in [4.69, 9.17) is 16.7 Å². The maximum absolute atomic E-state index is 12.2. The smallest absolute Gasteiger partial charge is 0.246 e. The first kappa shape index (κ1) is 19.6. The number of rotatable bonds is 8. The van der Waals surface area contributed by atoms with Crippen molar-refractivity contribution in [2.45, 2.75) is 30.4 Å². The lowest BCUT2D eigenvalue weighted by molar-refractivity contribution is 0.301. The van der Waals surface area contributed by atoms with E-state index in [1.807, 2.05) is 6.07 Å². The van der Waals surface area contributed by atoms with E-state index >= 15 is 0 Å². The molecule has 1 fully saturated rings. The molecule has 1 atom stereocenters. The lowest BCUT2D eigenvalue weighted by atomic mass is 10.3. The normalized spacial score (nSPS) is 19.6. The Morgan fingerprint density at radius 1 is 1.39 bits per heavy atom. The van der Waals surface area contributed by atoms with Gasteiger partial charge in [-0.05, 0) is 19.3 Å². The first-order chi connectivity index (χ1) is 13.5. The molecule has 0 aromatic carbocycles. The lowest BCUT2D eigenvalue weighted by Gasteiger charge is -2.12. The monoisotopic (exact) mass is 442 g/mol. The molecule has 1 unspecified atom stereocenters. The van der Waals surface area contributed by atoms with Crippen LogP contribution in [0.2, 0.25) is 5.02 Å². The minimum Gasteiger partial charge on any atom is -0.395 e. The third kappa shape index (κ3) is 4.33. The van der Waals surface area contributed by atoms with Crippen molar-refractivity contribution in [2.24, 2.45) is 0 Å². The second kappa shape index (κ2) is 7.99. The first-order valence-corrected chi connectivity index (χ1v) is 11.5. The van der Waals surface area contributed by atoms with Crippen LogP contribution >= 0.6 is 23.4 Å². The van der Waals surface area contributed by atoms with Crippen molar-refractivity contribution < 1.29 is 13.5 Å². The highest BCUT2D eigenvalue weighted by molar-refractivity contribution is 8.18. The summed E-state index contributed by atoms with van der Waals surface area (Å²) in [6, 6.07) is 1.94. The highest BCUT2D eigenvalue weighted by atomic mass is 35.5. The predicted molar refractivity (Wildman–Crippen MR) is 108 cm³/mol. The van der Waals surface area contributed by atoms with Gasteiger partial charge in [0, 0.05) is 24.2 Å². The molecule has 2 aliphatic rings. The number of thioether (sulfide) groups is 1. The number of anilines is 2. The van der Waals surface area contributed by atoms with Crippen LogP contribution in [-0.4, -0.2) is 46.8 Å². The minimum atomic E-state index is -3.63. The fourth-order valence-corrected chi connectivity index (χ4v) is 5.64. The van der Waals surface area contributed by atoms with Gasteiger partial charge in [0.15, 0.2) is 11.6 Å². The summed E-state index contributed by atoms with van der Waals surface area (Å²) in [6.07, 6.45) is 5.96. The van der Waals surface area contributed by atoms with E-state index in [9.17, 15) is 8.42 Å². The Labute approximate surface area is 171 Å². The van der Waals surface area contributed by atoms with E-state index < -0.39 is 10.0 Å². The van der Waals surface area contributed by atoms with E-state index in [0.29, 0.717) is 34.8 Å². The van der Waals surface area contributed by atoms with Gasteiger partial charge >= 0.3 is 0 Å². The van der Waals surface area contributed by atoms with Crippen LogP contribution in [0, 0.1) is 0 Å². The molecule has 28 heavy (non-hydrogen) atoms. The summed E-state index contributed by atoms with van der Waals surface area (Å²) in [4.78, 5) is 8.74. The molecule has 0 saturated heterocycles. The van der Waals surface area contributed by atoms with Gasteiger partial charge in [-0.3, -0.25) is 5.10 Å². The van der Waals surface area contributed by atoms with Crippen molar-refractivity contribution in [2.75, 3.05) is 18.5 Å². The average Bonchev–Trinajstić information content (AvgIpc) is 3.21. The van der Waals surface area contributed by atoms with Crippen molar-refractivity contribution in [1.82, 2.24) is 24.9 Å². The van der Waals surface area contributed by atoms with E-state index in [1.165, 1.54) is 30.8 Å². The van der Waals surface area contributed by atoms with Gasteiger partial charge in [-0.2, -0.15) is 5.10 Å². The maximum Gasteiger partial charge on any atom is 0.246 e. The zero-order chi connectivity index (χ0) is 19.7. The van der Waals surface area contributed by atoms with E-state index in [1.54, 1.807) is 6.08 Å². The number of aliphatic hydroxyl groups excluding tert-OH is 1. The maximum atomic E-state index is 12.2. The van der Waals surface area contributed by atoms with Gasteiger partial charge in [-0.15, -0.1) is 11.8 Å². The number of aromatic amines is 1. The molecule has 150 valence electrons. The van der Waals surface area contributed by atoms with Gasteiger partial charge in [0.2, 0.25) is 10.0 Å². The Morgan fingerprint density at radius 2 is 2.21 bits per heavy atom. The fraction of sp³-hybridized carbons (Fsp3) is 0.438. The van der Waals surface area contributed by atoms with Gasteiger partial charge in [0.05, 0.1) is 18.1 Å². The predicted octanol–water partition coefficient (Wildman–Crippen LogP) is 2.41. The molecule has 9 nitrogen and oxygen atoms in total. The molecular formula is C16H19ClN6O3S2. The Kier molecular flexibility index (Phi) is 5.61.